The van der Waals surface area contributed by atoms with Gasteiger partial charge >= 0.3 is 12.3 Å². The van der Waals surface area contributed by atoms with Gasteiger partial charge in [-0.25, -0.2) is 9.18 Å². The van der Waals surface area contributed by atoms with Crippen LogP contribution >= 0.6 is 0 Å². The van der Waals surface area contributed by atoms with Gasteiger partial charge in [-0.05, 0) is 30.7 Å². The molecule has 1 unspecified atom stereocenters. The van der Waals surface area contributed by atoms with E-state index in [4.69, 9.17) is 5.73 Å². The first kappa shape index (κ1) is 22.9. The number of amides is 2. The van der Waals surface area contributed by atoms with E-state index in [-0.39, 0.29) is 24.3 Å². The van der Waals surface area contributed by atoms with Gasteiger partial charge < -0.3 is 21.1 Å². The van der Waals surface area contributed by atoms with Crippen LogP contribution in [0.1, 0.15) is 29.2 Å². The minimum Gasteiger partial charge on any atom is -0.465 e. The highest BCUT2D eigenvalue weighted by molar-refractivity contribution is 5.98. The molecule has 1 saturated heterocycles. The maximum Gasteiger partial charge on any atom is 0.407 e. The van der Waals surface area contributed by atoms with Crippen molar-refractivity contribution in [2.75, 3.05) is 11.9 Å². The molecule has 2 heterocycles. The lowest BCUT2D eigenvalue weighted by molar-refractivity contribution is -0.152. The van der Waals surface area contributed by atoms with E-state index >= 15 is 0 Å². The number of carbonyl (C=O) groups excluding carboxylic acids is 1. The Balaban J connectivity index is 1.96. The number of hydrogen-bond donors (Lipinski definition) is 3. The van der Waals surface area contributed by atoms with Crippen LogP contribution in [0.15, 0.2) is 30.5 Å². The average Bonchev–Trinajstić information content (AvgIpc) is 3.12. The summed E-state index contributed by atoms with van der Waals surface area (Å²) in [6, 6.07) is 4.28. The lowest BCUT2D eigenvalue weighted by atomic mass is 9.84. The second kappa shape index (κ2) is 8.74. The number of nitrogens with one attached hydrogen (secondary N) is 1. The van der Waals surface area contributed by atoms with Gasteiger partial charge in [-0.2, -0.15) is 23.5 Å². The highest BCUT2D eigenvalue weighted by Gasteiger charge is 2.47. The second-order valence-corrected chi connectivity index (χ2v) is 7.24. The quantitative estimate of drug-likeness (QED) is 0.593. The molecule has 0 spiro atoms. The van der Waals surface area contributed by atoms with Crippen LogP contribution in [0.2, 0.25) is 0 Å². The molecule has 3 atom stereocenters. The van der Waals surface area contributed by atoms with Gasteiger partial charge in [0.05, 0.1) is 30.5 Å². The Morgan fingerprint density at radius 2 is 1.97 bits per heavy atom. The molecule has 3 rings (SSSR count). The van der Waals surface area contributed by atoms with Crippen LogP contribution < -0.4 is 11.1 Å². The van der Waals surface area contributed by atoms with E-state index in [0.29, 0.717) is 10.6 Å². The molecule has 4 N–H and O–H groups in total. The number of nitrogens with two attached hydrogens (primary N) is 1. The monoisotopic (exact) mass is 454 g/mol. The fourth-order valence-corrected chi connectivity index (χ4v) is 3.75. The molecule has 32 heavy (non-hydrogen) atoms. The van der Waals surface area contributed by atoms with E-state index in [1.54, 1.807) is 6.07 Å². The van der Waals surface area contributed by atoms with Crippen LogP contribution in [0.5, 0.6) is 0 Å². The molecule has 1 aromatic heterocycles. The van der Waals surface area contributed by atoms with Gasteiger partial charge in [-0.3, -0.25) is 9.48 Å². The van der Waals surface area contributed by atoms with Crippen molar-refractivity contribution < 1.29 is 32.3 Å². The van der Waals surface area contributed by atoms with Gasteiger partial charge in [0.25, 0.3) is 5.91 Å². The SMILES string of the molecule is N#C[C@H]1C(CC(F)(F)F)N(C(=O)O)CC[C@H]1n1cc(C(N)=O)c(Nc2ccc(F)cc2)n1. The maximum absolute atomic E-state index is 13.1. The molecular formula is C19H18F4N6O3. The molecule has 2 amide bonds. The number of likely N-dealkylation sites (tertiary alicyclic amines) is 1. The molecule has 2 aromatic rings. The number of benzene rings is 1. The smallest absolute Gasteiger partial charge is 0.407 e. The summed E-state index contributed by atoms with van der Waals surface area (Å²) in [5, 5.41) is 25.9. The summed E-state index contributed by atoms with van der Waals surface area (Å²) < 4.78 is 53.6. The normalized spacial score (nSPS) is 21.1. The average molecular weight is 454 g/mol. The zero-order valence-corrected chi connectivity index (χ0v) is 16.4. The number of primary amides is 1. The summed E-state index contributed by atoms with van der Waals surface area (Å²) in [4.78, 5) is 23.9. The first-order valence-electron chi connectivity index (χ1n) is 9.37. The Labute approximate surface area is 179 Å². The molecule has 13 heteroatoms. The number of hydrogen-bond acceptors (Lipinski definition) is 5. The molecule has 9 nitrogen and oxygen atoms in total. The summed E-state index contributed by atoms with van der Waals surface area (Å²) >= 11 is 0. The minimum absolute atomic E-state index is 0.00520. The zero-order valence-electron chi connectivity index (χ0n) is 16.4. The van der Waals surface area contributed by atoms with Gasteiger partial charge in [-0.1, -0.05) is 0 Å². The van der Waals surface area contributed by atoms with Crippen molar-refractivity contribution in [1.29, 1.82) is 5.26 Å². The number of anilines is 2. The van der Waals surface area contributed by atoms with Crippen molar-refractivity contribution in [2.24, 2.45) is 11.7 Å². The van der Waals surface area contributed by atoms with Crippen LogP contribution in [0.3, 0.4) is 0 Å². The Kier molecular flexibility index (Phi) is 6.24. The lowest BCUT2D eigenvalue weighted by Gasteiger charge is -2.41. The Bertz CT molecular complexity index is 1050. The van der Waals surface area contributed by atoms with E-state index in [1.807, 2.05) is 0 Å². The van der Waals surface area contributed by atoms with Crippen molar-refractivity contribution in [3.63, 3.8) is 0 Å². The number of rotatable bonds is 5. The Hall–Kier alpha value is -3.82. The second-order valence-electron chi connectivity index (χ2n) is 7.24. The molecule has 1 aromatic carbocycles. The number of nitriles is 1. The van der Waals surface area contributed by atoms with Gasteiger partial charge in [0.2, 0.25) is 0 Å². The summed E-state index contributed by atoms with van der Waals surface area (Å²) in [6.07, 6.45) is -6.57. The molecule has 170 valence electrons. The lowest BCUT2D eigenvalue weighted by Crippen LogP contribution is -2.53. The van der Waals surface area contributed by atoms with E-state index in [9.17, 15) is 37.5 Å². The molecule has 0 aliphatic carbocycles. The van der Waals surface area contributed by atoms with E-state index in [0.717, 1.165) is 4.68 Å². The fourth-order valence-electron chi connectivity index (χ4n) is 3.75. The maximum atomic E-state index is 13.1. The summed E-state index contributed by atoms with van der Waals surface area (Å²) in [6.45, 7) is -0.259. The van der Waals surface area contributed by atoms with Gasteiger partial charge in [0.15, 0.2) is 5.82 Å². The van der Waals surface area contributed by atoms with Crippen molar-refractivity contribution in [3.05, 3.63) is 41.8 Å². The number of alkyl halides is 3. The highest BCUT2D eigenvalue weighted by atomic mass is 19.4. The van der Waals surface area contributed by atoms with Crippen molar-refractivity contribution in [2.45, 2.75) is 31.1 Å². The number of piperidine rings is 1. The molecule has 0 saturated carbocycles. The minimum atomic E-state index is -4.70. The molecule has 1 fully saturated rings. The third-order valence-corrected chi connectivity index (χ3v) is 5.17. The van der Waals surface area contributed by atoms with Crippen LogP contribution in [0.4, 0.5) is 33.9 Å². The summed E-state index contributed by atoms with van der Waals surface area (Å²) in [5.41, 5.74) is 5.65. The van der Waals surface area contributed by atoms with Gasteiger partial charge in [0, 0.05) is 18.4 Å². The van der Waals surface area contributed by atoms with E-state index < -0.39 is 48.4 Å². The predicted molar refractivity (Wildman–Crippen MR) is 102 cm³/mol. The molecule has 0 bridgehead atoms. The van der Waals surface area contributed by atoms with E-state index in [2.05, 4.69) is 10.4 Å². The van der Waals surface area contributed by atoms with Crippen molar-refractivity contribution in [3.8, 4) is 6.07 Å². The van der Waals surface area contributed by atoms with E-state index in [1.165, 1.54) is 30.5 Å². The topological polar surface area (TPSA) is 137 Å². The predicted octanol–water partition coefficient (Wildman–Crippen LogP) is 3.25. The fraction of sp³-hybridized carbons (Fsp3) is 0.368. The molecule has 0 radical (unpaired) electrons. The molecular weight excluding hydrogens is 436 g/mol. The number of nitrogens with zero attached hydrogens (tertiary/aromatic N) is 4. The zero-order chi connectivity index (χ0) is 23.6. The summed E-state index contributed by atoms with van der Waals surface area (Å²) in [5.74, 6) is -2.80. The third-order valence-electron chi connectivity index (χ3n) is 5.17. The Morgan fingerprint density at radius 1 is 1.31 bits per heavy atom. The Morgan fingerprint density at radius 3 is 2.50 bits per heavy atom. The highest BCUT2D eigenvalue weighted by Crippen LogP contribution is 2.38. The van der Waals surface area contributed by atoms with Gasteiger partial charge in [0.1, 0.15) is 11.4 Å². The van der Waals surface area contributed by atoms with Crippen molar-refractivity contribution in [1.82, 2.24) is 14.7 Å². The van der Waals surface area contributed by atoms with Gasteiger partial charge in [-0.15, -0.1) is 0 Å². The number of carboxylic acid groups (broad SMARTS) is 1. The first-order valence-corrected chi connectivity index (χ1v) is 9.37. The van der Waals surface area contributed by atoms with Crippen LogP contribution in [0, 0.1) is 23.1 Å². The number of aromatic nitrogens is 2. The number of carbonyl (C=O) groups is 2. The van der Waals surface area contributed by atoms with Crippen molar-refractivity contribution >= 4 is 23.5 Å². The van der Waals surface area contributed by atoms with Crippen LogP contribution in [-0.2, 0) is 0 Å². The molecule has 1 aliphatic heterocycles. The number of halogens is 4. The largest absolute Gasteiger partial charge is 0.465 e. The molecule has 1 aliphatic rings. The summed E-state index contributed by atoms with van der Waals surface area (Å²) in [7, 11) is 0. The first-order chi connectivity index (χ1) is 15.0. The van der Waals surface area contributed by atoms with Crippen LogP contribution in [-0.4, -0.2) is 50.6 Å². The third kappa shape index (κ3) is 4.90. The standard InChI is InChI=1S/C19H18F4N6O3/c20-10-1-3-11(4-2-10)26-17-13(16(25)30)9-29(27-17)14-5-6-28(18(31)32)15(12(14)8-24)7-19(21,22)23/h1-4,9,12,14-15H,5-7H2,(H2,25,30)(H,26,27)(H,31,32)/t12-,14-,15?/m1/s1. The van der Waals surface area contributed by atoms with Crippen LogP contribution in [0.25, 0.3) is 0 Å².